The SMILES string of the molecule is NC1=C(n2c3ccccc3c3ccccc32)C(c2cccc3sc4ccccc4c23)CC=CC1. The van der Waals surface area contributed by atoms with Gasteiger partial charge in [0.2, 0.25) is 0 Å². The average molecular weight is 457 g/mol. The van der Waals surface area contributed by atoms with Crippen molar-refractivity contribution in [1.82, 2.24) is 4.57 Å². The monoisotopic (exact) mass is 456 g/mol. The third-order valence-electron chi connectivity index (χ3n) is 7.17. The molecule has 0 aliphatic heterocycles. The number of para-hydroxylation sites is 2. The highest BCUT2D eigenvalue weighted by Gasteiger charge is 2.27. The minimum absolute atomic E-state index is 0.166. The highest BCUT2D eigenvalue weighted by Crippen LogP contribution is 2.46. The Labute approximate surface area is 202 Å². The fourth-order valence-corrected chi connectivity index (χ4v) is 6.87. The molecule has 0 fully saturated rings. The van der Waals surface area contributed by atoms with Crippen LogP contribution in [-0.2, 0) is 0 Å². The molecule has 4 aromatic carbocycles. The Morgan fingerprint density at radius 3 is 2.09 bits per heavy atom. The van der Waals surface area contributed by atoms with Gasteiger partial charge in [0.05, 0.1) is 16.7 Å². The third kappa shape index (κ3) is 2.80. The van der Waals surface area contributed by atoms with Crippen molar-refractivity contribution in [2.75, 3.05) is 0 Å². The first-order chi connectivity index (χ1) is 16.8. The Morgan fingerprint density at radius 2 is 1.32 bits per heavy atom. The Bertz CT molecular complexity index is 1730. The van der Waals surface area contributed by atoms with E-state index in [1.807, 2.05) is 11.3 Å². The summed E-state index contributed by atoms with van der Waals surface area (Å²) in [6.07, 6.45) is 6.24. The van der Waals surface area contributed by atoms with Crippen LogP contribution in [0.2, 0.25) is 0 Å². The van der Waals surface area contributed by atoms with E-state index in [9.17, 15) is 0 Å². The van der Waals surface area contributed by atoms with Gasteiger partial charge in [-0.1, -0.05) is 78.9 Å². The molecule has 6 aromatic rings. The molecule has 0 saturated carbocycles. The zero-order chi connectivity index (χ0) is 22.6. The van der Waals surface area contributed by atoms with E-state index in [0.717, 1.165) is 18.5 Å². The second-order valence-corrected chi connectivity index (χ2v) is 10.1. The normalized spacial score (nSPS) is 16.8. The number of allylic oxidation sites excluding steroid dienone is 3. The summed E-state index contributed by atoms with van der Waals surface area (Å²) in [5.74, 6) is 0.166. The van der Waals surface area contributed by atoms with E-state index in [4.69, 9.17) is 5.73 Å². The van der Waals surface area contributed by atoms with Crippen molar-refractivity contribution < 1.29 is 0 Å². The molecule has 2 aromatic heterocycles. The molecule has 7 rings (SSSR count). The molecule has 1 atom stereocenters. The van der Waals surface area contributed by atoms with Crippen molar-refractivity contribution in [2.24, 2.45) is 5.73 Å². The van der Waals surface area contributed by atoms with Crippen LogP contribution in [0.25, 0.3) is 47.7 Å². The summed E-state index contributed by atoms with van der Waals surface area (Å²) in [5.41, 5.74) is 12.9. The van der Waals surface area contributed by atoms with Crippen molar-refractivity contribution in [3.05, 3.63) is 114 Å². The maximum absolute atomic E-state index is 6.92. The summed E-state index contributed by atoms with van der Waals surface area (Å²) in [6, 6.07) is 33.0. The fraction of sp³-hybridized carbons (Fsp3) is 0.0968. The van der Waals surface area contributed by atoms with E-state index >= 15 is 0 Å². The van der Waals surface area contributed by atoms with Gasteiger partial charge in [0.1, 0.15) is 0 Å². The van der Waals surface area contributed by atoms with Crippen molar-refractivity contribution in [2.45, 2.75) is 18.8 Å². The quantitative estimate of drug-likeness (QED) is 0.260. The third-order valence-corrected chi connectivity index (χ3v) is 8.30. The van der Waals surface area contributed by atoms with Crippen LogP contribution in [0.5, 0.6) is 0 Å². The molecule has 0 saturated heterocycles. The Hall–Kier alpha value is -3.82. The Balaban J connectivity index is 1.58. The highest BCUT2D eigenvalue weighted by molar-refractivity contribution is 7.25. The van der Waals surface area contributed by atoms with E-state index in [2.05, 4.69) is 108 Å². The molecule has 0 bridgehead atoms. The summed E-state index contributed by atoms with van der Waals surface area (Å²) < 4.78 is 5.11. The Morgan fingerprint density at radius 1 is 0.676 bits per heavy atom. The van der Waals surface area contributed by atoms with E-state index in [0.29, 0.717) is 0 Å². The number of thiophene rings is 1. The standard InChI is InChI=1S/C31H24N2S/c32-25-15-5-1-12-23(22-14-9-19-29-30(22)24-13-4-8-18-28(24)34-29)31(25)33-26-16-6-2-10-20(26)21-11-3-7-17-27(21)33/h1-11,13-14,16-19,23H,12,15,32H2. The molecular formula is C31H24N2S. The van der Waals surface area contributed by atoms with Gasteiger partial charge in [-0.25, -0.2) is 0 Å². The first-order valence-corrected chi connectivity index (χ1v) is 12.6. The number of hydrogen-bond donors (Lipinski definition) is 1. The summed E-state index contributed by atoms with van der Waals surface area (Å²) in [7, 11) is 0. The van der Waals surface area contributed by atoms with E-state index in [-0.39, 0.29) is 5.92 Å². The maximum Gasteiger partial charge on any atom is 0.0538 e. The van der Waals surface area contributed by atoms with E-state index in [1.165, 1.54) is 53.2 Å². The number of benzene rings is 4. The number of fused-ring (bicyclic) bond motifs is 6. The summed E-state index contributed by atoms with van der Waals surface area (Å²) in [5, 5.41) is 5.25. The fourth-order valence-electron chi connectivity index (χ4n) is 5.73. The van der Waals surface area contributed by atoms with Crippen molar-refractivity contribution >= 4 is 59.0 Å². The lowest BCUT2D eigenvalue weighted by Gasteiger charge is -2.24. The number of rotatable bonds is 2. The number of aromatic nitrogens is 1. The lowest BCUT2D eigenvalue weighted by atomic mass is 9.88. The van der Waals surface area contributed by atoms with Gasteiger partial charge in [0.25, 0.3) is 0 Å². The van der Waals surface area contributed by atoms with Crippen LogP contribution in [0.1, 0.15) is 24.3 Å². The summed E-state index contributed by atoms with van der Waals surface area (Å²) in [4.78, 5) is 0. The van der Waals surface area contributed by atoms with Gasteiger partial charge in [0, 0.05) is 49.0 Å². The molecule has 0 radical (unpaired) electrons. The lowest BCUT2D eigenvalue weighted by Crippen LogP contribution is -2.14. The van der Waals surface area contributed by atoms with Gasteiger partial charge in [-0.15, -0.1) is 11.3 Å². The zero-order valence-electron chi connectivity index (χ0n) is 18.7. The molecule has 34 heavy (non-hydrogen) atoms. The van der Waals surface area contributed by atoms with Crippen molar-refractivity contribution in [3.8, 4) is 0 Å². The predicted octanol–water partition coefficient (Wildman–Crippen LogP) is 8.42. The number of nitrogens with two attached hydrogens (primary N) is 1. The molecule has 3 heteroatoms. The maximum atomic E-state index is 6.92. The summed E-state index contributed by atoms with van der Waals surface area (Å²) >= 11 is 1.88. The van der Waals surface area contributed by atoms with Gasteiger partial charge in [-0.2, -0.15) is 0 Å². The van der Waals surface area contributed by atoms with Crippen LogP contribution < -0.4 is 5.73 Å². The molecule has 1 unspecified atom stereocenters. The Kier molecular flexibility index (Phi) is 4.39. The molecule has 164 valence electrons. The largest absolute Gasteiger partial charge is 0.400 e. The molecule has 1 aliphatic rings. The van der Waals surface area contributed by atoms with E-state index in [1.54, 1.807) is 0 Å². The minimum atomic E-state index is 0.166. The first-order valence-electron chi connectivity index (χ1n) is 11.8. The smallest absolute Gasteiger partial charge is 0.0538 e. The lowest BCUT2D eigenvalue weighted by molar-refractivity contribution is 0.842. The van der Waals surface area contributed by atoms with Gasteiger partial charge < -0.3 is 10.3 Å². The van der Waals surface area contributed by atoms with Crippen LogP contribution in [0.4, 0.5) is 0 Å². The predicted molar refractivity (Wildman–Crippen MR) is 147 cm³/mol. The molecule has 0 spiro atoms. The van der Waals surface area contributed by atoms with Gasteiger partial charge in [-0.05, 0) is 36.2 Å². The van der Waals surface area contributed by atoms with Crippen LogP contribution in [0.3, 0.4) is 0 Å². The minimum Gasteiger partial charge on any atom is -0.400 e. The number of nitrogens with zero attached hydrogens (tertiary/aromatic N) is 1. The second kappa shape index (κ2) is 7.61. The van der Waals surface area contributed by atoms with Crippen molar-refractivity contribution in [3.63, 3.8) is 0 Å². The van der Waals surface area contributed by atoms with Crippen LogP contribution in [0, 0.1) is 0 Å². The molecular weight excluding hydrogens is 432 g/mol. The number of hydrogen-bond acceptors (Lipinski definition) is 2. The second-order valence-electron chi connectivity index (χ2n) is 9.06. The van der Waals surface area contributed by atoms with Gasteiger partial charge in [-0.3, -0.25) is 0 Å². The molecule has 0 amide bonds. The van der Waals surface area contributed by atoms with Gasteiger partial charge in [0.15, 0.2) is 0 Å². The van der Waals surface area contributed by atoms with Crippen LogP contribution >= 0.6 is 11.3 Å². The molecule has 2 N–H and O–H groups in total. The summed E-state index contributed by atoms with van der Waals surface area (Å²) in [6.45, 7) is 0. The molecule has 2 nitrogen and oxygen atoms in total. The van der Waals surface area contributed by atoms with E-state index < -0.39 is 0 Å². The van der Waals surface area contributed by atoms with Crippen LogP contribution in [0.15, 0.2) is 109 Å². The van der Waals surface area contributed by atoms with Crippen LogP contribution in [-0.4, -0.2) is 4.57 Å². The first kappa shape index (κ1) is 19.6. The van der Waals surface area contributed by atoms with Crippen molar-refractivity contribution in [1.29, 1.82) is 0 Å². The molecule has 2 heterocycles. The topological polar surface area (TPSA) is 30.9 Å². The molecule has 1 aliphatic carbocycles. The van der Waals surface area contributed by atoms with Gasteiger partial charge >= 0.3 is 0 Å². The highest BCUT2D eigenvalue weighted by atomic mass is 32.1. The zero-order valence-corrected chi connectivity index (χ0v) is 19.6. The average Bonchev–Trinajstić information content (AvgIpc) is 3.35.